The van der Waals surface area contributed by atoms with Crippen molar-refractivity contribution in [1.29, 1.82) is 0 Å². The summed E-state index contributed by atoms with van der Waals surface area (Å²) in [6.07, 6.45) is 5.31. The van der Waals surface area contributed by atoms with E-state index in [4.69, 9.17) is 0 Å². The minimum Gasteiger partial charge on any atom is -0.335 e. The standard InChI is InChI=1S/C15H21NO/c1-12-5-6-13(10-15(2,3)4)9-14(12)7-8-16-11-17/h5-9,11H,10H2,1-4H3,(H,16,17)/b8-7-. The number of nitrogens with one attached hydrogen (secondary N) is 1. The number of aryl methyl sites for hydroxylation is 1. The van der Waals surface area contributed by atoms with E-state index >= 15 is 0 Å². The van der Waals surface area contributed by atoms with Gasteiger partial charge in [0.2, 0.25) is 6.41 Å². The number of amides is 1. The molecule has 1 N–H and O–H groups in total. The highest BCUT2D eigenvalue weighted by atomic mass is 16.1. The van der Waals surface area contributed by atoms with E-state index in [0.717, 1.165) is 12.0 Å². The quantitative estimate of drug-likeness (QED) is 0.791. The maximum Gasteiger partial charge on any atom is 0.211 e. The summed E-state index contributed by atoms with van der Waals surface area (Å²) in [5.74, 6) is 0. The molecular weight excluding hydrogens is 210 g/mol. The van der Waals surface area contributed by atoms with Crippen LogP contribution in [0.5, 0.6) is 0 Å². The minimum atomic E-state index is 0.289. The normalized spacial score (nSPS) is 11.8. The first kappa shape index (κ1) is 13.5. The van der Waals surface area contributed by atoms with Gasteiger partial charge in [-0.3, -0.25) is 4.79 Å². The average molecular weight is 231 g/mol. The molecule has 0 bridgehead atoms. The SMILES string of the molecule is Cc1ccc(CC(C)(C)C)cc1/C=C\NC=O. The summed E-state index contributed by atoms with van der Waals surface area (Å²) in [7, 11) is 0. The van der Waals surface area contributed by atoms with Gasteiger partial charge in [-0.15, -0.1) is 0 Å². The van der Waals surface area contributed by atoms with Crippen LogP contribution in [-0.4, -0.2) is 6.41 Å². The monoisotopic (exact) mass is 231 g/mol. The van der Waals surface area contributed by atoms with Gasteiger partial charge in [0.05, 0.1) is 0 Å². The highest BCUT2D eigenvalue weighted by molar-refractivity contribution is 5.58. The highest BCUT2D eigenvalue weighted by Gasteiger charge is 2.11. The Labute approximate surface area is 104 Å². The average Bonchev–Trinajstić information content (AvgIpc) is 2.21. The van der Waals surface area contributed by atoms with Crippen LogP contribution in [-0.2, 0) is 11.2 Å². The molecule has 0 aliphatic heterocycles. The summed E-state index contributed by atoms with van der Waals surface area (Å²) in [5, 5.41) is 2.53. The molecule has 0 aliphatic carbocycles. The van der Waals surface area contributed by atoms with Crippen molar-refractivity contribution in [2.45, 2.75) is 34.1 Å². The van der Waals surface area contributed by atoms with Gasteiger partial charge in [0, 0.05) is 6.20 Å². The van der Waals surface area contributed by atoms with E-state index in [1.807, 2.05) is 6.08 Å². The first-order valence-corrected chi connectivity index (χ1v) is 5.88. The Balaban J connectivity index is 2.90. The van der Waals surface area contributed by atoms with Crippen molar-refractivity contribution >= 4 is 12.5 Å². The van der Waals surface area contributed by atoms with Crippen LogP contribution in [0.3, 0.4) is 0 Å². The van der Waals surface area contributed by atoms with Gasteiger partial charge in [-0.1, -0.05) is 39.0 Å². The predicted octanol–water partition coefficient (Wildman–Crippen LogP) is 3.30. The topological polar surface area (TPSA) is 29.1 Å². The van der Waals surface area contributed by atoms with Crippen LogP contribution >= 0.6 is 0 Å². The highest BCUT2D eigenvalue weighted by Crippen LogP contribution is 2.22. The third-order valence-corrected chi connectivity index (χ3v) is 2.51. The molecule has 0 atom stereocenters. The zero-order chi connectivity index (χ0) is 12.9. The molecular formula is C15H21NO. The van der Waals surface area contributed by atoms with Crippen LogP contribution in [0.15, 0.2) is 24.4 Å². The predicted molar refractivity (Wildman–Crippen MR) is 72.6 cm³/mol. The number of benzene rings is 1. The third-order valence-electron chi connectivity index (χ3n) is 2.51. The van der Waals surface area contributed by atoms with Gasteiger partial charge in [0.15, 0.2) is 0 Å². The number of carbonyl (C=O) groups excluding carboxylic acids is 1. The molecule has 2 nitrogen and oxygen atoms in total. The summed E-state index contributed by atoms with van der Waals surface area (Å²) < 4.78 is 0. The molecule has 0 saturated carbocycles. The minimum absolute atomic E-state index is 0.289. The Kier molecular flexibility index (Phi) is 4.50. The molecule has 0 saturated heterocycles. The maximum atomic E-state index is 10.2. The largest absolute Gasteiger partial charge is 0.335 e. The van der Waals surface area contributed by atoms with Gasteiger partial charge < -0.3 is 5.32 Å². The first-order chi connectivity index (χ1) is 7.92. The fourth-order valence-corrected chi connectivity index (χ4v) is 1.77. The van der Waals surface area contributed by atoms with Crippen molar-refractivity contribution in [3.05, 3.63) is 41.1 Å². The van der Waals surface area contributed by atoms with E-state index in [-0.39, 0.29) is 5.41 Å². The van der Waals surface area contributed by atoms with Gasteiger partial charge in [-0.05, 0) is 41.5 Å². The second kappa shape index (κ2) is 5.67. The van der Waals surface area contributed by atoms with Gasteiger partial charge in [-0.2, -0.15) is 0 Å². The smallest absolute Gasteiger partial charge is 0.211 e. The lowest BCUT2D eigenvalue weighted by molar-refractivity contribution is -0.108. The molecule has 1 amide bonds. The fraction of sp³-hybridized carbons (Fsp3) is 0.400. The van der Waals surface area contributed by atoms with Crippen LogP contribution in [0.2, 0.25) is 0 Å². The molecule has 0 aliphatic rings. The Bertz CT molecular complexity index is 413. The molecule has 0 heterocycles. The van der Waals surface area contributed by atoms with Gasteiger partial charge in [0.25, 0.3) is 0 Å². The summed E-state index contributed by atoms with van der Waals surface area (Å²) in [5.41, 5.74) is 3.98. The van der Waals surface area contributed by atoms with Crippen LogP contribution in [0.25, 0.3) is 6.08 Å². The van der Waals surface area contributed by atoms with Crippen LogP contribution in [0.4, 0.5) is 0 Å². The Morgan fingerprint density at radius 3 is 2.59 bits per heavy atom. The second-order valence-electron chi connectivity index (χ2n) is 5.55. The molecule has 0 radical (unpaired) electrons. The molecule has 92 valence electrons. The van der Waals surface area contributed by atoms with Crippen molar-refractivity contribution < 1.29 is 4.79 Å². The van der Waals surface area contributed by atoms with Crippen LogP contribution < -0.4 is 5.32 Å². The Hall–Kier alpha value is -1.57. The number of hydrogen-bond donors (Lipinski definition) is 1. The maximum absolute atomic E-state index is 10.2. The number of carbonyl (C=O) groups is 1. The summed E-state index contributed by atoms with van der Waals surface area (Å²) in [6, 6.07) is 6.48. The van der Waals surface area contributed by atoms with E-state index in [2.05, 4.69) is 51.2 Å². The Morgan fingerprint density at radius 1 is 1.29 bits per heavy atom. The molecule has 1 aromatic rings. The second-order valence-corrected chi connectivity index (χ2v) is 5.55. The molecule has 0 spiro atoms. The number of rotatable bonds is 4. The van der Waals surface area contributed by atoms with E-state index in [9.17, 15) is 4.79 Å². The Morgan fingerprint density at radius 2 is 2.00 bits per heavy atom. The van der Waals surface area contributed by atoms with Crippen molar-refractivity contribution in [2.24, 2.45) is 5.41 Å². The van der Waals surface area contributed by atoms with E-state index in [1.54, 1.807) is 6.20 Å². The van der Waals surface area contributed by atoms with Gasteiger partial charge >= 0.3 is 0 Å². The van der Waals surface area contributed by atoms with E-state index in [1.165, 1.54) is 11.1 Å². The molecule has 0 aromatic heterocycles. The van der Waals surface area contributed by atoms with E-state index in [0.29, 0.717) is 6.41 Å². The van der Waals surface area contributed by atoms with Crippen LogP contribution in [0.1, 0.15) is 37.5 Å². The lowest BCUT2D eigenvalue weighted by Gasteiger charge is -2.18. The van der Waals surface area contributed by atoms with Crippen molar-refractivity contribution in [1.82, 2.24) is 5.32 Å². The summed E-state index contributed by atoms with van der Waals surface area (Å²) >= 11 is 0. The summed E-state index contributed by atoms with van der Waals surface area (Å²) in [4.78, 5) is 10.2. The molecule has 0 unspecified atom stereocenters. The third kappa shape index (κ3) is 4.85. The zero-order valence-electron chi connectivity index (χ0n) is 11.1. The lowest BCUT2D eigenvalue weighted by Crippen LogP contribution is -2.09. The van der Waals surface area contributed by atoms with Crippen molar-refractivity contribution in [2.75, 3.05) is 0 Å². The lowest BCUT2D eigenvalue weighted by atomic mass is 9.87. The molecule has 2 heteroatoms. The number of hydrogen-bond acceptors (Lipinski definition) is 1. The first-order valence-electron chi connectivity index (χ1n) is 5.88. The van der Waals surface area contributed by atoms with E-state index < -0.39 is 0 Å². The van der Waals surface area contributed by atoms with Crippen LogP contribution in [0, 0.1) is 12.3 Å². The van der Waals surface area contributed by atoms with Crippen molar-refractivity contribution in [3.8, 4) is 0 Å². The molecule has 1 aromatic carbocycles. The molecule has 0 fully saturated rings. The fourth-order valence-electron chi connectivity index (χ4n) is 1.77. The summed E-state index contributed by atoms with van der Waals surface area (Å²) in [6.45, 7) is 8.77. The van der Waals surface area contributed by atoms with Gasteiger partial charge in [-0.25, -0.2) is 0 Å². The van der Waals surface area contributed by atoms with Gasteiger partial charge in [0.1, 0.15) is 0 Å². The molecule has 17 heavy (non-hydrogen) atoms. The zero-order valence-corrected chi connectivity index (χ0v) is 11.1. The molecule has 1 rings (SSSR count). The van der Waals surface area contributed by atoms with Crippen molar-refractivity contribution in [3.63, 3.8) is 0 Å².